The number of hydrogen-bond acceptors (Lipinski definition) is 8. The van der Waals surface area contributed by atoms with Crippen molar-refractivity contribution in [2.75, 3.05) is 4.90 Å². The van der Waals surface area contributed by atoms with Gasteiger partial charge in [-0.15, -0.1) is 0 Å². The second-order valence-electron chi connectivity index (χ2n) is 7.27. The van der Waals surface area contributed by atoms with Gasteiger partial charge in [0.15, 0.2) is 12.1 Å². The fourth-order valence-electron chi connectivity index (χ4n) is 3.63. The maximum absolute atomic E-state index is 13.0. The van der Waals surface area contributed by atoms with Crippen LogP contribution in [0.3, 0.4) is 0 Å². The Morgan fingerprint density at radius 1 is 1.06 bits per heavy atom. The Morgan fingerprint density at radius 2 is 1.85 bits per heavy atom. The van der Waals surface area contributed by atoms with Gasteiger partial charge >= 0.3 is 6.18 Å². The average Bonchev–Trinajstić information content (AvgIpc) is 3.46. The van der Waals surface area contributed by atoms with Gasteiger partial charge in [-0.1, -0.05) is 40.2 Å². The summed E-state index contributed by atoms with van der Waals surface area (Å²) in [5, 5.41) is 13.1. The molecule has 0 unspecified atom stereocenters. The summed E-state index contributed by atoms with van der Waals surface area (Å²) in [4.78, 5) is 30.8. The van der Waals surface area contributed by atoms with E-state index in [4.69, 9.17) is 16.1 Å². The van der Waals surface area contributed by atoms with Crippen molar-refractivity contribution in [2.24, 2.45) is 10.3 Å². The molecule has 2 aromatic carbocycles. The number of hydrogen-bond donors (Lipinski definition) is 0. The van der Waals surface area contributed by atoms with Crippen molar-refractivity contribution in [3.8, 4) is 11.4 Å². The maximum atomic E-state index is 13.0. The first-order valence-electron chi connectivity index (χ1n) is 9.53. The molecular formula is C20H12ClF3N6O3. The zero-order chi connectivity index (χ0) is 23.3. The normalized spacial score (nSPS) is 20.1. The third-order valence-corrected chi connectivity index (χ3v) is 5.37. The van der Waals surface area contributed by atoms with Crippen molar-refractivity contribution in [1.82, 2.24) is 15.1 Å². The van der Waals surface area contributed by atoms with Crippen molar-refractivity contribution in [3.63, 3.8) is 0 Å². The van der Waals surface area contributed by atoms with E-state index in [0.717, 1.165) is 17.0 Å². The lowest BCUT2D eigenvalue weighted by molar-refractivity contribution is -0.137. The molecule has 3 aromatic rings. The number of nitrogens with zero attached hydrogens (tertiary/aromatic N) is 6. The fourth-order valence-corrected chi connectivity index (χ4v) is 3.82. The van der Waals surface area contributed by atoms with Crippen LogP contribution in [0.2, 0.25) is 5.02 Å². The molecule has 2 aliphatic heterocycles. The van der Waals surface area contributed by atoms with Crippen molar-refractivity contribution in [2.45, 2.75) is 24.8 Å². The zero-order valence-corrected chi connectivity index (χ0v) is 17.2. The summed E-state index contributed by atoms with van der Waals surface area (Å²) < 4.78 is 44.0. The Balaban J connectivity index is 1.36. The van der Waals surface area contributed by atoms with Gasteiger partial charge in [0.1, 0.15) is 6.54 Å². The SMILES string of the molecule is O=C1[C@@H]2N=NN(Cc3nc(-c4cccc(C(F)(F)F)c4)no3)[C@H]2C(=O)N1c1cccc(Cl)c1. The van der Waals surface area contributed by atoms with Crippen LogP contribution in [-0.2, 0) is 22.3 Å². The topological polar surface area (TPSA) is 104 Å². The van der Waals surface area contributed by atoms with E-state index >= 15 is 0 Å². The Kier molecular flexibility index (Phi) is 4.89. The third kappa shape index (κ3) is 3.71. The van der Waals surface area contributed by atoms with Crippen LogP contribution in [0.15, 0.2) is 63.4 Å². The highest BCUT2D eigenvalue weighted by Gasteiger charge is 2.55. The molecule has 1 fully saturated rings. The summed E-state index contributed by atoms with van der Waals surface area (Å²) >= 11 is 5.97. The molecule has 0 aliphatic carbocycles. The minimum atomic E-state index is -4.52. The van der Waals surface area contributed by atoms with E-state index in [1.807, 2.05) is 0 Å². The van der Waals surface area contributed by atoms with Gasteiger partial charge in [0.05, 0.1) is 11.3 Å². The molecule has 0 radical (unpaired) electrons. The van der Waals surface area contributed by atoms with Crippen LogP contribution in [0.25, 0.3) is 11.4 Å². The second-order valence-corrected chi connectivity index (χ2v) is 7.71. The van der Waals surface area contributed by atoms with Gasteiger partial charge in [-0.2, -0.15) is 23.3 Å². The highest BCUT2D eigenvalue weighted by Crippen LogP contribution is 2.34. The molecule has 0 saturated carbocycles. The molecule has 5 rings (SSSR count). The van der Waals surface area contributed by atoms with Crippen molar-refractivity contribution in [3.05, 3.63) is 65.0 Å². The van der Waals surface area contributed by atoms with Gasteiger partial charge in [-0.05, 0) is 30.3 Å². The molecular weight excluding hydrogens is 465 g/mol. The van der Waals surface area contributed by atoms with Gasteiger partial charge in [0.25, 0.3) is 11.8 Å². The molecule has 0 spiro atoms. The first-order valence-corrected chi connectivity index (χ1v) is 9.91. The number of carbonyl (C=O) groups excluding carboxylic acids is 2. The summed E-state index contributed by atoms with van der Waals surface area (Å²) in [5.41, 5.74) is -0.426. The highest BCUT2D eigenvalue weighted by atomic mass is 35.5. The quantitative estimate of drug-likeness (QED) is 0.529. The highest BCUT2D eigenvalue weighted by molar-refractivity contribution is 6.31. The van der Waals surface area contributed by atoms with Crippen molar-refractivity contribution < 1.29 is 27.3 Å². The number of alkyl halides is 3. The number of amides is 2. The third-order valence-electron chi connectivity index (χ3n) is 5.14. The summed E-state index contributed by atoms with van der Waals surface area (Å²) in [6.07, 6.45) is -4.52. The van der Waals surface area contributed by atoms with E-state index in [1.165, 1.54) is 23.2 Å². The first kappa shape index (κ1) is 21.1. The summed E-state index contributed by atoms with van der Waals surface area (Å²) in [5.74, 6) is -1.16. The van der Waals surface area contributed by atoms with Crippen LogP contribution in [0.4, 0.5) is 18.9 Å². The lowest BCUT2D eigenvalue weighted by atomic mass is 10.1. The van der Waals surface area contributed by atoms with E-state index in [2.05, 4.69) is 20.5 Å². The average molecular weight is 477 g/mol. The molecule has 3 heterocycles. The van der Waals surface area contributed by atoms with Crippen LogP contribution in [0.1, 0.15) is 11.5 Å². The zero-order valence-electron chi connectivity index (χ0n) is 16.4. The van der Waals surface area contributed by atoms with Gasteiger partial charge in [-0.3, -0.25) is 14.6 Å². The molecule has 9 nitrogen and oxygen atoms in total. The Morgan fingerprint density at radius 3 is 2.61 bits per heavy atom. The van der Waals surface area contributed by atoms with Gasteiger partial charge in [0, 0.05) is 10.6 Å². The summed E-state index contributed by atoms with van der Waals surface area (Å²) in [6.45, 7) is -0.168. The Labute approximate surface area is 188 Å². The minimum absolute atomic E-state index is 0.0107. The number of anilines is 1. The van der Waals surface area contributed by atoms with Gasteiger partial charge in [0.2, 0.25) is 11.7 Å². The molecule has 0 N–H and O–H groups in total. The van der Waals surface area contributed by atoms with E-state index < -0.39 is 35.6 Å². The number of halogens is 4. The molecule has 2 aliphatic rings. The fraction of sp³-hybridized carbons (Fsp3) is 0.200. The van der Waals surface area contributed by atoms with Crippen LogP contribution in [-0.4, -0.2) is 39.0 Å². The molecule has 33 heavy (non-hydrogen) atoms. The maximum Gasteiger partial charge on any atom is 0.416 e. The largest absolute Gasteiger partial charge is 0.416 e. The predicted molar refractivity (Wildman–Crippen MR) is 107 cm³/mol. The molecule has 0 bridgehead atoms. The molecule has 2 amide bonds. The monoisotopic (exact) mass is 476 g/mol. The number of aromatic nitrogens is 2. The number of fused-ring (bicyclic) bond motifs is 1. The predicted octanol–water partition coefficient (Wildman–Crippen LogP) is 3.90. The Hall–Kier alpha value is -3.80. The van der Waals surface area contributed by atoms with E-state index in [1.54, 1.807) is 18.2 Å². The molecule has 2 atom stereocenters. The molecule has 168 valence electrons. The van der Waals surface area contributed by atoms with Crippen LogP contribution in [0, 0.1) is 0 Å². The summed E-state index contributed by atoms with van der Waals surface area (Å²) in [6, 6.07) is 8.72. The number of benzene rings is 2. The standard InChI is InChI=1S/C20H12ClF3N6O3/c21-12-5-2-6-13(8-12)30-18(31)15-16(19(30)32)29(28-26-15)9-14-25-17(27-33-14)10-3-1-4-11(7-10)20(22,23)24/h1-8,15-16H,9H2/t15-,16-/m1/s1. The number of imide groups is 1. The van der Waals surface area contributed by atoms with Crippen LogP contribution < -0.4 is 4.90 Å². The van der Waals surface area contributed by atoms with Gasteiger partial charge in [-0.25, -0.2) is 4.90 Å². The molecule has 13 heteroatoms. The number of rotatable bonds is 4. The van der Waals surface area contributed by atoms with E-state index in [0.29, 0.717) is 10.7 Å². The lowest BCUT2D eigenvalue weighted by Gasteiger charge is -2.19. The van der Waals surface area contributed by atoms with Crippen molar-refractivity contribution >= 4 is 29.1 Å². The molecule has 1 aromatic heterocycles. The number of carbonyl (C=O) groups is 2. The second kappa shape index (κ2) is 7.66. The van der Waals surface area contributed by atoms with Crippen LogP contribution in [0.5, 0.6) is 0 Å². The minimum Gasteiger partial charge on any atom is -0.337 e. The molecule has 1 saturated heterocycles. The van der Waals surface area contributed by atoms with Crippen LogP contribution >= 0.6 is 11.6 Å². The first-order chi connectivity index (χ1) is 15.7. The van der Waals surface area contributed by atoms with Crippen molar-refractivity contribution in [1.29, 1.82) is 0 Å². The van der Waals surface area contributed by atoms with Gasteiger partial charge < -0.3 is 4.52 Å². The van der Waals surface area contributed by atoms with E-state index in [-0.39, 0.29) is 23.8 Å². The smallest absolute Gasteiger partial charge is 0.337 e. The summed E-state index contributed by atoms with van der Waals surface area (Å²) in [7, 11) is 0. The van der Waals surface area contributed by atoms with E-state index in [9.17, 15) is 22.8 Å². The Bertz CT molecular complexity index is 1290. The lowest BCUT2D eigenvalue weighted by Crippen LogP contribution is -2.39.